The second-order valence-corrected chi connectivity index (χ2v) is 4.73. The van der Waals surface area contributed by atoms with Crippen molar-refractivity contribution >= 4 is 17.4 Å². The van der Waals surface area contributed by atoms with E-state index >= 15 is 0 Å². The van der Waals surface area contributed by atoms with Crippen LogP contribution in [0.25, 0.3) is 0 Å². The van der Waals surface area contributed by atoms with Crippen LogP contribution in [0, 0.1) is 0 Å². The fraction of sp³-hybridized carbons (Fsp3) is 0.467. The molecule has 0 saturated heterocycles. The fourth-order valence-corrected chi connectivity index (χ4v) is 1.64. The number of ketones is 1. The predicted octanol–water partition coefficient (Wildman–Crippen LogP) is 3.42. The molecule has 0 heterocycles. The molecule has 4 nitrogen and oxygen atoms in total. The summed E-state index contributed by atoms with van der Waals surface area (Å²) in [6.07, 6.45) is 1.23. The van der Waals surface area contributed by atoms with E-state index in [0.29, 0.717) is 23.4 Å². The maximum Gasteiger partial charge on any atom is 0.224 e. The van der Waals surface area contributed by atoms with Crippen molar-refractivity contribution in [2.24, 2.45) is 0 Å². The summed E-state index contributed by atoms with van der Waals surface area (Å²) in [5, 5.41) is 2.80. The summed E-state index contributed by atoms with van der Waals surface area (Å²) in [5.74, 6) is 0.475. The molecule has 1 aromatic rings. The third-order valence-electron chi connectivity index (χ3n) is 2.50. The number of rotatable bonds is 6. The van der Waals surface area contributed by atoms with E-state index in [-0.39, 0.29) is 17.8 Å². The van der Waals surface area contributed by atoms with Gasteiger partial charge in [0.2, 0.25) is 5.91 Å². The van der Waals surface area contributed by atoms with Crippen molar-refractivity contribution in [3.63, 3.8) is 0 Å². The van der Waals surface area contributed by atoms with Crippen LogP contribution in [-0.4, -0.2) is 17.8 Å². The molecule has 0 aliphatic rings. The Bertz CT molecular complexity index is 466. The molecule has 0 spiro atoms. The van der Waals surface area contributed by atoms with Crippen LogP contribution in [0.3, 0.4) is 0 Å². The van der Waals surface area contributed by atoms with Gasteiger partial charge in [-0.3, -0.25) is 9.59 Å². The van der Waals surface area contributed by atoms with Gasteiger partial charge in [0, 0.05) is 12.0 Å². The van der Waals surface area contributed by atoms with Crippen LogP contribution in [-0.2, 0) is 4.79 Å². The van der Waals surface area contributed by atoms with Crippen LogP contribution < -0.4 is 10.1 Å². The zero-order valence-electron chi connectivity index (χ0n) is 11.9. The molecule has 0 aliphatic carbocycles. The molecule has 0 saturated carbocycles. The highest BCUT2D eigenvalue weighted by Gasteiger charge is 2.11. The Hall–Kier alpha value is -1.84. The Balaban J connectivity index is 3.03. The highest BCUT2D eigenvalue weighted by molar-refractivity contribution is 5.98. The normalized spacial score (nSPS) is 10.4. The number of Topliss-reactive ketones (excluding diaryl/α,β-unsaturated/α-hetero) is 1. The molecule has 1 amide bonds. The lowest BCUT2D eigenvalue weighted by Gasteiger charge is -2.15. The number of benzene rings is 1. The zero-order chi connectivity index (χ0) is 14.4. The smallest absolute Gasteiger partial charge is 0.224 e. The van der Waals surface area contributed by atoms with E-state index < -0.39 is 0 Å². The number of carbonyl (C=O) groups excluding carboxylic acids is 2. The van der Waals surface area contributed by atoms with E-state index in [1.807, 2.05) is 20.8 Å². The summed E-state index contributed by atoms with van der Waals surface area (Å²) in [5.41, 5.74) is 1.11. The van der Waals surface area contributed by atoms with E-state index in [9.17, 15) is 9.59 Å². The summed E-state index contributed by atoms with van der Waals surface area (Å²) in [7, 11) is 0. The van der Waals surface area contributed by atoms with Gasteiger partial charge in [0.1, 0.15) is 5.75 Å². The van der Waals surface area contributed by atoms with Crippen molar-refractivity contribution in [1.29, 1.82) is 0 Å². The van der Waals surface area contributed by atoms with Crippen LogP contribution in [0.2, 0.25) is 0 Å². The Kier molecular flexibility index (Phi) is 5.55. The predicted molar refractivity (Wildman–Crippen MR) is 75.7 cm³/mol. The Morgan fingerprint density at radius 1 is 1.32 bits per heavy atom. The first-order chi connectivity index (χ1) is 8.93. The lowest BCUT2D eigenvalue weighted by Crippen LogP contribution is -2.14. The van der Waals surface area contributed by atoms with Crippen LogP contribution in [0.4, 0.5) is 5.69 Å². The van der Waals surface area contributed by atoms with Crippen molar-refractivity contribution in [2.45, 2.75) is 46.6 Å². The van der Waals surface area contributed by atoms with Crippen molar-refractivity contribution < 1.29 is 14.3 Å². The molecule has 19 heavy (non-hydrogen) atoms. The maximum atomic E-state index is 11.7. The highest BCUT2D eigenvalue weighted by atomic mass is 16.5. The molecule has 104 valence electrons. The number of hydrogen-bond acceptors (Lipinski definition) is 3. The number of nitrogens with one attached hydrogen (secondary N) is 1. The molecule has 1 aromatic carbocycles. The minimum atomic E-state index is -0.0724. The minimum absolute atomic E-state index is 0.00463. The lowest BCUT2D eigenvalue weighted by molar-refractivity contribution is -0.116. The van der Waals surface area contributed by atoms with E-state index in [0.717, 1.165) is 6.42 Å². The molecule has 0 atom stereocenters. The lowest BCUT2D eigenvalue weighted by atomic mass is 10.1. The average molecular weight is 263 g/mol. The summed E-state index contributed by atoms with van der Waals surface area (Å²) in [4.78, 5) is 23.1. The van der Waals surface area contributed by atoms with E-state index in [1.165, 1.54) is 6.92 Å². The molecule has 0 bridgehead atoms. The molecule has 1 N–H and O–H groups in total. The van der Waals surface area contributed by atoms with E-state index in [2.05, 4.69) is 5.32 Å². The zero-order valence-corrected chi connectivity index (χ0v) is 11.9. The van der Waals surface area contributed by atoms with Gasteiger partial charge in [-0.05, 0) is 45.4 Å². The van der Waals surface area contributed by atoms with E-state index in [1.54, 1.807) is 18.2 Å². The second-order valence-electron chi connectivity index (χ2n) is 4.73. The van der Waals surface area contributed by atoms with Gasteiger partial charge in [0.25, 0.3) is 0 Å². The number of hydrogen-bond donors (Lipinski definition) is 1. The Labute approximate surface area is 114 Å². The molecule has 0 aliphatic heterocycles. The number of ether oxygens (including phenoxy) is 1. The number of carbonyl (C=O) groups is 2. The molecule has 0 fully saturated rings. The Morgan fingerprint density at radius 2 is 2.00 bits per heavy atom. The van der Waals surface area contributed by atoms with Gasteiger partial charge in [-0.15, -0.1) is 0 Å². The van der Waals surface area contributed by atoms with Crippen molar-refractivity contribution in [2.75, 3.05) is 5.32 Å². The fourth-order valence-electron chi connectivity index (χ4n) is 1.64. The summed E-state index contributed by atoms with van der Waals surface area (Å²) in [6.45, 7) is 7.26. The maximum absolute atomic E-state index is 11.7. The van der Waals surface area contributed by atoms with Crippen molar-refractivity contribution in [1.82, 2.24) is 0 Å². The van der Waals surface area contributed by atoms with Gasteiger partial charge < -0.3 is 10.1 Å². The standard InChI is InChI=1S/C15H21NO3/c1-5-6-15(18)16-13-9-12(11(4)17)7-8-14(13)19-10(2)3/h7-10H,5-6H2,1-4H3,(H,16,18). The van der Waals surface area contributed by atoms with Crippen LogP contribution in [0.1, 0.15) is 50.9 Å². The largest absolute Gasteiger partial charge is 0.489 e. The minimum Gasteiger partial charge on any atom is -0.489 e. The third-order valence-corrected chi connectivity index (χ3v) is 2.50. The van der Waals surface area contributed by atoms with Crippen molar-refractivity contribution in [3.05, 3.63) is 23.8 Å². The first kappa shape index (κ1) is 15.2. The van der Waals surface area contributed by atoms with Gasteiger partial charge in [-0.25, -0.2) is 0 Å². The molecule has 0 aromatic heterocycles. The van der Waals surface area contributed by atoms with Gasteiger partial charge in [-0.2, -0.15) is 0 Å². The van der Waals surface area contributed by atoms with E-state index in [4.69, 9.17) is 4.74 Å². The Morgan fingerprint density at radius 3 is 2.53 bits per heavy atom. The third kappa shape index (κ3) is 4.73. The molecule has 0 unspecified atom stereocenters. The van der Waals surface area contributed by atoms with Crippen LogP contribution >= 0.6 is 0 Å². The van der Waals surface area contributed by atoms with Gasteiger partial charge in [0.05, 0.1) is 11.8 Å². The molecular formula is C15H21NO3. The SMILES string of the molecule is CCCC(=O)Nc1cc(C(C)=O)ccc1OC(C)C. The molecule has 4 heteroatoms. The van der Waals surface area contributed by atoms with Gasteiger partial charge in [0.15, 0.2) is 5.78 Å². The quantitative estimate of drug-likeness (QED) is 0.800. The van der Waals surface area contributed by atoms with Crippen molar-refractivity contribution in [3.8, 4) is 5.75 Å². The highest BCUT2D eigenvalue weighted by Crippen LogP contribution is 2.27. The van der Waals surface area contributed by atoms with Crippen LogP contribution in [0.5, 0.6) is 5.75 Å². The number of amides is 1. The molecule has 1 rings (SSSR count). The topological polar surface area (TPSA) is 55.4 Å². The summed E-state index contributed by atoms with van der Waals surface area (Å²) < 4.78 is 5.63. The van der Waals surface area contributed by atoms with Gasteiger partial charge >= 0.3 is 0 Å². The van der Waals surface area contributed by atoms with Gasteiger partial charge in [-0.1, -0.05) is 6.92 Å². The summed E-state index contributed by atoms with van der Waals surface area (Å²) >= 11 is 0. The second kappa shape index (κ2) is 6.92. The summed E-state index contributed by atoms with van der Waals surface area (Å²) in [6, 6.07) is 5.08. The van der Waals surface area contributed by atoms with Crippen LogP contribution in [0.15, 0.2) is 18.2 Å². The first-order valence-electron chi connectivity index (χ1n) is 6.55. The first-order valence-corrected chi connectivity index (χ1v) is 6.55. The average Bonchev–Trinajstić information content (AvgIpc) is 2.30. The monoisotopic (exact) mass is 263 g/mol. The number of anilines is 1. The molecular weight excluding hydrogens is 242 g/mol. The molecule has 0 radical (unpaired) electrons.